The van der Waals surface area contributed by atoms with Gasteiger partial charge in [-0.2, -0.15) is 0 Å². The Morgan fingerprint density at radius 2 is 1.55 bits per heavy atom. The molecule has 1 aliphatic rings. The molecule has 0 unspecified atom stereocenters. The fourth-order valence-corrected chi connectivity index (χ4v) is 4.88. The van der Waals surface area contributed by atoms with E-state index in [9.17, 15) is 21.6 Å². The van der Waals surface area contributed by atoms with Gasteiger partial charge in [0.05, 0.1) is 15.4 Å². The van der Waals surface area contributed by atoms with Crippen LogP contribution in [0.15, 0.2) is 61.6 Å². The van der Waals surface area contributed by atoms with Gasteiger partial charge in [0.15, 0.2) is 0 Å². The maximum Gasteiger partial charge on any atom is 0.266 e. The highest BCUT2D eigenvalue weighted by atomic mass is 79.9. The Morgan fingerprint density at radius 1 is 0.955 bits per heavy atom. The van der Waals surface area contributed by atoms with Crippen molar-refractivity contribution in [2.24, 2.45) is 0 Å². The normalized spacial score (nSPS) is 16.1. The molecule has 0 fully saturated rings. The summed E-state index contributed by atoms with van der Waals surface area (Å²) >= 11 is 3.21. The van der Waals surface area contributed by atoms with E-state index in [1.54, 1.807) is 12.1 Å². The number of sulfone groups is 1. The molecular formula is C13H8BrNO5S2. The zero-order chi connectivity index (χ0) is 16.1. The molecule has 0 aromatic heterocycles. The zero-order valence-electron chi connectivity index (χ0n) is 10.8. The fourth-order valence-electron chi connectivity index (χ4n) is 2.06. The van der Waals surface area contributed by atoms with Crippen molar-refractivity contribution in [1.82, 2.24) is 4.72 Å². The number of rotatable bonds is 2. The first-order valence-electron chi connectivity index (χ1n) is 5.94. The number of carbonyl (C=O) groups excluding carboxylic acids is 1. The van der Waals surface area contributed by atoms with Crippen LogP contribution in [0.5, 0.6) is 0 Å². The third kappa shape index (κ3) is 2.34. The van der Waals surface area contributed by atoms with Crippen molar-refractivity contribution < 1.29 is 21.6 Å². The molecule has 1 N–H and O–H groups in total. The summed E-state index contributed by atoms with van der Waals surface area (Å²) in [5.74, 6) is -0.761. The summed E-state index contributed by atoms with van der Waals surface area (Å²) in [4.78, 5) is 11.0. The molecule has 9 heteroatoms. The van der Waals surface area contributed by atoms with Crippen LogP contribution in [-0.4, -0.2) is 22.7 Å². The lowest BCUT2D eigenvalue weighted by Gasteiger charge is -2.06. The molecule has 0 saturated heterocycles. The van der Waals surface area contributed by atoms with Crippen molar-refractivity contribution in [2.45, 2.75) is 14.7 Å². The number of hydrogen-bond donors (Lipinski definition) is 1. The molecule has 1 heterocycles. The number of amides is 1. The largest absolute Gasteiger partial charge is 0.268 e. The van der Waals surface area contributed by atoms with Crippen LogP contribution in [0.25, 0.3) is 0 Å². The van der Waals surface area contributed by atoms with Gasteiger partial charge in [-0.05, 0) is 42.5 Å². The number of hydrogen-bond acceptors (Lipinski definition) is 5. The van der Waals surface area contributed by atoms with Gasteiger partial charge in [-0.1, -0.05) is 15.9 Å². The summed E-state index contributed by atoms with van der Waals surface area (Å²) in [7, 11) is -7.87. The SMILES string of the molecule is O=C1NS(=O)(=O)c2cc(S(=O)(=O)c3ccc(Br)cc3)ccc21. The second kappa shape index (κ2) is 4.90. The Kier molecular flexibility index (Phi) is 3.38. The van der Waals surface area contributed by atoms with Gasteiger partial charge in [0.1, 0.15) is 4.90 Å². The predicted octanol–water partition coefficient (Wildman–Crippen LogP) is 1.71. The van der Waals surface area contributed by atoms with Crippen LogP contribution >= 0.6 is 15.9 Å². The van der Waals surface area contributed by atoms with E-state index in [2.05, 4.69) is 15.9 Å². The van der Waals surface area contributed by atoms with Crippen LogP contribution in [0.4, 0.5) is 0 Å². The Bertz CT molecular complexity index is 995. The summed E-state index contributed by atoms with van der Waals surface area (Å²) in [6.07, 6.45) is 0. The molecule has 2 aromatic carbocycles. The molecule has 6 nitrogen and oxygen atoms in total. The number of benzene rings is 2. The van der Waals surface area contributed by atoms with Crippen molar-refractivity contribution >= 4 is 41.7 Å². The number of sulfonamides is 1. The predicted molar refractivity (Wildman–Crippen MR) is 80.7 cm³/mol. The van der Waals surface area contributed by atoms with Crippen LogP contribution in [0.1, 0.15) is 10.4 Å². The molecule has 0 radical (unpaired) electrons. The molecule has 22 heavy (non-hydrogen) atoms. The van der Waals surface area contributed by atoms with Gasteiger partial charge < -0.3 is 0 Å². The zero-order valence-corrected chi connectivity index (χ0v) is 14.0. The van der Waals surface area contributed by atoms with E-state index in [1.165, 1.54) is 24.3 Å². The van der Waals surface area contributed by atoms with E-state index in [4.69, 9.17) is 0 Å². The number of halogens is 1. The highest BCUT2D eigenvalue weighted by molar-refractivity contribution is 9.10. The van der Waals surface area contributed by atoms with Crippen LogP contribution in [0, 0.1) is 0 Å². The Hall–Kier alpha value is -1.71. The molecule has 3 rings (SSSR count). The topological polar surface area (TPSA) is 97.4 Å². The number of nitrogens with one attached hydrogen (secondary N) is 1. The lowest BCUT2D eigenvalue weighted by molar-refractivity contribution is 0.0985. The molecule has 0 saturated carbocycles. The minimum atomic E-state index is -4.00. The van der Waals surface area contributed by atoms with Crippen LogP contribution < -0.4 is 4.72 Å². The first kappa shape index (κ1) is 15.2. The molecule has 0 aliphatic carbocycles. The van der Waals surface area contributed by atoms with Crippen LogP contribution in [0.3, 0.4) is 0 Å². The van der Waals surface area contributed by atoms with Gasteiger partial charge in [0.2, 0.25) is 9.84 Å². The Balaban J connectivity index is 2.18. The smallest absolute Gasteiger partial charge is 0.266 e. The summed E-state index contributed by atoms with van der Waals surface area (Å²) in [6.45, 7) is 0. The first-order valence-corrected chi connectivity index (χ1v) is 9.69. The van der Waals surface area contributed by atoms with Gasteiger partial charge in [-0.3, -0.25) is 4.79 Å². The highest BCUT2D eigenvalue weighted by Crippen LogP contribution is 2.29. The maximum absolute atomic E-state index is 12.5. The Labute approximate surface area is 135 Å². The lowest BCUT2D eigenvalue weighted by atomic mass is 10.2. The molecule has 0 spiro atoms. The quantitative estimate of drug-likeness (QED) is 0.825. The van der Waals surface area contributed by atoms with Gasteiger partial charge in [0.25, 0.3) is 15.9 Å². The van der Waals surface area contributed by atoms with Gasteiger partial charge in [-0.15, -0.1) is 0 Å². The van der Waals surface area contributed by atoms with E-state index >= 15 is 0 Å². The second-order valence-electron chi connectivity index (χ2n) is 4.55. The average Bonchev–Trinajstić information content (AvgIpc) is 2.69. The van der Waals surface area contributed by atoms with Gasteiger partial charge >= 0.3 is 0 Å². The summed E-state index contributed by atoms with van der Waals surface area (Å²) in [5.41, 5.74) is -0.0604. The molecule has 0 atom stereocenters. The monoisotopic (exact) mass is 401 g/mol. The van der Waals surface area contributed by atoms with Crippen molar-refractivity contribution in [2.75, 3.05) is 0 Å². The summed E-state index contributed by atoms with van der Waals surface area (Å²) < 4.78 is 51.2. The van der Waals surface area contributed by atoms with Crippen LogP contribution in [0.2, 0.25) is 0 Å². The van der Waals surface area contributed by atoms with E-state index in [-0.39, 0.29) is 20.2 Å². The van der Waals surface area contributed by atoms with E-state index < -0.39 is 25.8 Å². The molecule has 1 aliphatic heterocycles. The molecule has 1 amide bonds. The summed E-state index contributed by atoms with van der Waals surface area (Å²) in [6, 6.07) is 9.37. The number of fused-ring (bicyclic) bond motifs is 1. The van der Waals surface area contributed by atoms with E-state index in [0.717, 1.165) is 10.5 Å². The van der Waals surface area contributed by atoms with Crippen molar-refractivity contribution in [3.63, 3.8) is 0 Å². The molecule has 114 valence electrons. The van der Waals surface area contributed by atoms with Gasteiger partial charge in [0, 0.05) is 4.47 Å². The third-order valence-electron chi connectivity index (χ3n) is 3.15. The molecule has 2 aromatic rings. The van der Waals surface area contributed by atoms with Crippen LogP contribution in [-0.2, 0) is 19.9 Å². The van der Waals surface area contributed by atoms with Gasteiger partial charge in [-0.25, -0.2) is 21.6 Å². The minimum absolute atomic E-state index is 0.0327. The average molecular weight is 402 g/mol. The lowest BCUT2D eigenvalue weighted by Crippen LogP contribution is -2.20. The van der Waals surface area contributed by atoms with E-state index in [1.807, 2.05) is 4.72 Å². The first-order chi connectivity index (χ1) is 10.2. The highest BCUT2D eigenvalue weighted by Gasteiger charge is 2.34. The van der Waals surface area contributed by atoms with Crippen molar-refractivity contribution in [1.29, 1.82) is 0 Å². The fraction of sp³-hybridized carbons (Fsp3) is 0. The standard InChI is InChI=1S/C13H8BrNO5S2/c14-8-1-3-9(4-2-8)21(17,18)10-5-6-11-12(7-10)22(19,20)15-13(11)16/h1-7H,(H,15,16). The molecular weight excluding hydrogens is 394 g/mol. The molecule has 0 bridgehead atoms. The summed E-state index contributed by atoms with van der Waals surface area (Å²) in [5, 5.41) is 0. The van der Waals surface area contributed by atoms with Crippen molar-refractivity contribution in [3.05, 3.63) is 52.5 Å². The second-order valence-corrected chi connectivity index (χ2v) is 9.07. The van der Waals surface area contributed by atoms with Crippen molar-refractivity contribution in [3.8, 4) is 0 Å². The van der Waals surface area contributed by atoms with E-state index in [0.29, 0.717) is 0 Å². The maximum atomic E-state index is 12.5. The third-order valence-corrected chi connectivity index (χ3v) is 6.82. The Morgan fingerprint density at radius 3 is 2.18 bits per heavy atom. The minimum Gasteiger partial charge on any atom is -0.268 e. The number of carbonyl (C=O) groups is 1.